The van der Waals surface area contributed by atoms with Crippen molar-refractivity contribution in [2.45, 2.75) is 16.6 Å². The van der Waals surface area contributed by atoms with Crippen LogP contribution < -0.4 is 5.32 Å². The summed E-state index contributed by atoms with van der Waals surface area (Å²) >= 11 is 3.09. The first-order valence-electron chi connectivity index (χ1n) is 7.36. The molecule has 0 spiro atoms. The average Bonchev–Trinajstić information content (AvgIpc) is 3.22. The van der Waals surface area contributed by atoms with E-state index < -0.39 is 0 Å². The summed E-state index contributed by atoms with van der Waals surface area (Å²) in [5.74, 6) is 0.0279. The number of carbonyl (C=O) groups excluding carboxylic acids is 1. The van der Waals surface area contributed by atoms with Crippen molar-refractivity contribution in [3.63, 3.8) is 0 Å². The number of nitrogens with one attached hydrogen (secondary N) is 1. The van der Waals surface area contributed by atoms with E-state index in [-0.39, 0.29) is 11.2 Å². The van der Waals surface area contributed by atoms with Crippen LogP contribution in [0.5, 0.6) is 0 Å². The third kappa shape index (κ3) is 3.02. The summed E-state index contributed by atoms with van der Waals surface area (Å²) in [6.45, 7) is 0. The van der Waals surface area contributed by atoms with E-state index in [1.165, 1.54) is 21.8 Å². The number of thiazole rings is 1. The number of anilines is 1. The van der Waals surface area contributed by atoms with Crippen molar-refractivity contribution in [3.05, 3.63) is 65.5 Å². The van der Waals surface area contributed by atoms with E-state index in [0.717, 1.165) is 17.7 Å². The highest BCUT2D eigenvalue weighted by atomic mass is 32.2. The topological polar surface area (TPSA) is 42.0 Å². The van der Waals surface area contributed by atoms with Gasteiger partial charge in [-0.2, -0.15) is 0 Å². The molecule has 0 fully saturated rings. The standard InChI is InChI=1S/C18H14N2OS2/c21-17(16-10-13-8-4-5-9-15(13)23-16)20-18-19-14(11-22-18)12-6-2-1-3-7-12/h1-9,11,16H,10H2,(H,19,20,21). The second kappa shape index (κ2) is 6.18. The fourth-order valence-corrected chi connectivity index (χ4v) is 4.50. The molecule has 0 saturated carbocycles. The van der Waals surface area contributed by atoms with Gasteiger partial charge in [-0.3, -0.25) is 4.79 Å². The van der Waals surface area contributed by atoms with Gasteiger partial charge in [0.15, 0.2) is 5.13 Å². The second-order valence-corrected chi connectivity index (χ2v) is 7.41. The van der Waals surface area contributed by atoms with Crippen LogP contribution in [-0.2, 0) is 11.2 Å². The van der Waals surface area contributed by atoms with Gasteiger partial charge in [0.2, 0.25) is 5.91 Å². The molecule has 1 amide bonds. The third-order valence-electron chi connectivity index (χ3n) is 3.74. The first-order valence-corrected chi connectivity index (χ1v) is 9.12. The van der Waals surface area contributed by atoms with Crippen LogP contribution in [0.1, 0.15) is 5.56 Å². The minimum atomic E-state index is -0.0727. The van der Waals surface area contributed by atoms with Crippen molar-refractivity contribution >= 4 is 34.1 Å². The van der Waals surface area contributed by atoms with Crippen LogP contribution in [-0.4, -0.2) is 16.1 Å². The third-order valence-corrected chi connectivity index (χ3v) is 5.82. The number of aromatic nitrogens is 1. The van der Waals surface area contributed by atoms with Crippen molar-refractivity contribution < 1.29 is 4.79 Å². The lowest BCUT2D eigenvalue weighted by Crippen LogP contribution is -2.24. The number of thioether (sulfide) groups is 1. The Morgan fingerprint density at radius 2 is 1.87 bits per heavy atom. The van der Waals surface area contributed by atoms with E-state index >= 15 is 0 Å². The zero-order valence-corrected chi connectivity index (χ0v) is 13.9. The Labute approximate surface area is 142 Å². The zero-order valence-electron chi connectivity index (χ0n) is 12.2. The van der Waals surface area contributed by atoms with Crippen LogP contribution in [0.2, 0.25) is 0 Å². The molecule has 23 heavy (non-hydrogen) atoms. The number of carbonyl (C=O) groups is 1. The maximum Gasteiger partial charge on any atom is 0.239 e. The van der Waals surface area contributed by atoms with Gasteiger partial charge in [-0.25, -0.2) is 4.98 Å². The first kappa shape index (κ1) is 14.5. The summed E-state index contributed by atoms with van der Waals surface area (Å²) in [4.78, 5) is 18.2. The minimum absolute atomic E-state index is 0.0279. The molecule has 0 bridgehead atoms. The largest absolute Gasteiger partial charge is 0.301 e. The monoisotopic (exact) mass is 338 g/mol. The van der Waals surface area contributed by atoms with E-state index in [4.69, 9.17) is 0 Å². The Morgan fingerprint density at radius 1 is 1.09 bits per heavy atom. The number of rotatable bonds is 3. The highest BCUT2D eigenvalue weighted by Crippen LogP contribution is 2.37. The van der Waals surface area contributed by atoms with Crippen LogP contribution in [0.15, 0.2) is 64.9 Å². The molecule has 1 aliphatic rings. The molecule has 3 nitrogen and oxygen atoms in total. The lowest BCUT2D eigenvalue weighted by atomic mass is 10.1. The number of fused-ring (bicyclic) bond motifs is 1. The summed E-state index contributed by atoms with van der Waals surface area (Å²) in [6.07, 6.45) is 0.781. The Bertz CT molecular complexity index is 820. The van der Waals surface area contributed by atoms with Gasteiger partial charge in [-0.1, -0.05) is 48.5 Å². The number of hydrogen-bond acceptors (Lipinski definition) is 4. The van der Waals surface area contributed by atoms with Gasteiger partial charge in [0.1, 0.15) is 0 Å². The van der Waals surface area contributed by atoms with Crippen LogP contribution in [0.3, 0.4) is 0 Å². The van der Waals surface area contributed by atoms with Crippen molar-refractivity contribution in [3.8, 4) is 11.3 Å². The predicted molar refractivity (Wildman–Crippen MR) is 96.0 cm³/mol. The SMILES string of the molecule is O=C(Nc1nc(-c2ccccc2)cs1)C1Cc2ccccc2S1. The highest BCUT2D eigenvalue weighted by Gasteiger charge is 2.28. The molecule has 0 saturated heterocycles. The zero-order chi connectivity index (χ0) is 15.6. The fourth-order valence-electron chi connectivity index (χ4n) is 2.59. The summed E-state index contributed by atoms with van der Waals surface area (Å²) in [5, 5.41) is 5.52. The normalized spacial score (nSPS) is 16.1. The van der Waals surface area contributed by atoms with Gasteiger partial charge < -0.3 is 5.32 Å². The average molecular weight is 338 g/mol. The lowest BCUT2D eigenvalue weighted by molar-refractivity contribution is -0.115. The number of amides is 1. The van der Waals surface area contributed by atoms with Crippen LogP contribution in [0.25, 0.3) is 11.3 Å². The van der Waals surface area contributed by atoms with Gasteiger partial charge in [-0.15, -0.1) is 23.1 Å². The van der Waals surface area contributed by atoms with Crippen molar-refractivity contribution in [2.24, 2.45) is 0 Å². The van der Waals surface area contributed by atoms with Crippen LogP contribution >= 0.6 is 23.1 Å². The molecule has 2 heterocycles. The van der Waals surface area contributed by atoms with Gasteiger partial charge in [0.25, 0.3) is 0 Å². The summed E-state index contributed by atoms with van der Waals surface area (Å²) < 4.78 is 0. The summed E-state index contributed by atoms with van der Waals surface area (Å²) in [5.41, 5.74) is 3.21. The highest BCUT2D eigenvalue weighted by molar-refractivity contribution is 8.01. The Hall–Kier alpha value is -2.11. The maximum absolute atomic E-state index is 12.5. The second-order valence-electron chi connectivity index (χ2n) is 5.31. The van der Waals surface area contributed by atoms with Crippen molar-refractivity contribution in [1.29, 1.82) is 0 Å². The van der Waals surface area contributed by atoms with Gasteiger partial charge in [-0.05, 0) is 18.1 Å². The lowest BCUT2D eigenvalue weighted by Gasteiger charge is -2.07. The molecular formula is C18H14N2OS2. The van der Waals surface area contributed by atoms with Gasteiger partial charge in [0.05, 0.1) is 10.9 Å². The molecular weight excluding hydrogens is 324 g/mol. The van der Waals surface area contributed by atoms with Crippen molar-refractivity contribution in [2.75, 3.05) is 5.32 Å². The summed E-state index contributed by atoms with van der Waals surface area (Å²) in [6, 6.07) is 18.2. The molecule has 1 aromatic heterocycles. The van der Waals surface area contributed by atoms with E-state index in [1.807, 2.05) is 47.8 Å². The Morgan fingerprint density at radius 3 is 2.70 bits per heavy atom. The van der Waals surface area contributed by atoms with Crippen molar-refractivity contribution in [1.82, 2.24) is 4.98 Å². The van der Waals surface area contributed by atoms with E-state index in [0.29, 0.717) is 5.13 Å². The van der Waals surface area contributed by atoms with E-state index in [9.17, 15) is 4.79 Å². The predicted octanol–water partition coefficient (Wildman–Crippen LogP) is 4.47. The van der Waals surface area contributed by atoms with E-state index in [2.05, 4.69) is 22.4 Å². The number of benzene rings is 2. The van der Waals surface area contributed by atoms with E-state index in [1.54, 1.807) is 11.8 Å². The molecule has 3 aromatic rings. The van der Waals surface area contributed by atoms with Crippen LogP contribution in [0.4, 0.5) is 5.13 Å². The maximum atomic E-state index is 12.5. The molecule has 4 rings (SSSR count). The molecule has 1 N–H and O–H groups in total. The molecule has 0 aliphatic carbocycles. The fraction of sp³-hybridized carbons (Fsp3) is 0.111. The summed E-state index contributed by atoms with van der Waals surface area (Å²) in [7, 11) is 0. The quantitative estimate of drug-likeness (QED) is 0.766. The smallest absolute Gasteiger partial charge is 0.239 e. The Kier molecular flexibility index (Phi) is 3.89. The molecule has 5 heteroatoms. The van der Waals surface area contributed by atoms with Gasteiger partial charge >= 0.3 is 0 Å². The number of hydrogen-bond donors (Lipinski definition) is 1. The Balaban J connectivity index is 1.45. The molecule has 1 aliphatic heterocycles. The number of nitrogens with zero attached hydrogens (tertiary/aromatic N) is 1. The molecule has 1 atom stereocenters. The molecule has 0 radical (unpaired) electrons. The molecule has 114 valence electrons. The van der Waals surface area contributed by atoms with Crippen LogP contribution in [0, 0.1) is 0 Å². The molecule has 2 aromatic carbocycles. The minimum Gasteiger partial charge on any atom is -0.301 e. The first-order chi connectivity index (χ1) is 11.3. The van der Waals surface area contributed by atoms with Gasteiger partial charge in [0, 0.05) is 15.8 Å². The molecule has 1 unspecified atom stereocenters.